The number of β-amino-alcohol motifs (C(OH)–C–C–N with tert-alkyl or cyclic N) is 1. The maximum Gasteiger partial charge on any atom is 0.0919 e. The predicted molar refractivity (Wildman–Crippen MR) is 80.3 cm³/mol. The SMILES string of the molecule is CCC1CCCN(CC(O)c2cc(C)ccc2C)C1. The molecule has 1 saturated heterocycles. The number of rotatable bonds is 4. The van der Waals surface area contributed by atoms with Gasteiger partial charge >= 0.3 is 0 Å². The van der Waals surface area contributed by atoms with Crippen LogP contribution < -0.4 is 0 Å². The highest BCUT2D eigenvalue weighted by molar-refractivity contribution is 5.32. The van der Waals surface area contributed by atoms with Gasteiger partial charge < -0.3 is 10.0 Å². The molecule has 0 aliphatic carbocycles. The van der Waals surface area contributed by atoms with Crippen molar-refractivity contribution in [3.05, 3.63) is 34.9 Å². The first kappa shape index (κ1) is 14.5. The van der Waals surface area contributed by atoms with Crippen molar-refractivity contribution >= 4 is 0 Å². The number of aliphatic hydroxyl groups is 1. The highest BCUT2D eigenvalue weighted by Gasteiger charge is 2.21. The molecule has 0 aromatic heterocycles. The number of likely N-dealkylation sites (tertiary alicyclic amines) is 1. The summed E-state index contributed by atoms with van der Waals surface area (Å²) < 4.78 is 0. The van der Waals surface area contributed by atoms with Crippen LogP contribution in [0.4, 0.5) is 0 Å². The van der Waals surface area contributed by atoms with Crippen LogP contribution in [0, 0.1) is 19.8 Å². The van der Waals surface area contributed by atoms with Gasteiger partial charge in [0, 0.05) is 13.1 Å². The number of aliphatic hydroxyl groups excluding tert-OH is 1. The third kappa shape index (κ3) is 3.80. The molecule has 1 fully saturated rings. The first-order valence-electron chi connectivity index (χ1n) is 7.57. The second kappa shape index (κ2) is 6.53. The lowest BCUT2D eigenvalue weighted by molar-refractivity contribution is 0.0832. The van der Waals surface area contributed by atoms with E-state index in [0.717, 1.165) is 31.1 Å². The van der Waals surface area contributed by atoms with E-state index in [9.17, 15) is 5.11 Å². The van der Waals surface area contributed by atoms with Crippen molar-refractivity contribution in [3.63, 3.8) is 0 Å². The van der Waals surface area contributed by atoms with Crippen LogP contribution in [0.15, 0.2) is 18.2 Å². The average Bonchev–Trinajstić information content (AvgIpc) is 2.41. The van der Waals surface area contributed by atoms with Gasteiger partial charge in [-0.15, -0.1) is 0 Å². The van der Waals surface area contributed by atoms with Crippen LogP contribution in [-0.2, 0) is 0 Å². The Morgan fingerprint density at radius 1 is 1.37 bits per heavy atom. The molecule has 2 rings (SSSR count). The molecule has 1 heterocycles. The zero-order valence-electron chi connectivity index (χ0n) is 12.5. The molecule has 1 aromatic rings. The van der Waals surface area contributed by atoms with Gasteiger partial charge in [0.2, 0.25) is 0 Å². The fourth-order valence-corrected chi connectivity index (χ4v) is 3.11. The van der Waals surface area contributed by atoms with Crippen LogP contribution in [0.5, 0.6) is 0 Å². The molecule has 0 spiro atoms. The van der Waals surface area contributed by atoms with Crippen molar-refractivity contribution in [1.82, 2.24) is 4.90 Å². The number of aryl methyl sites for hydroxylation is 2. The van der Waals surface area contributed by atoms with Gasteiger partial charge in [-0.3, -0.25) is 0 Å². The molecular formula is C17H27NO. The van der Waals surface area contributed by atoms with E-state index in [-0.39, 0.29) is 6.10 Å². The van der Waals surface area contributed by atoms with Gasteiger partial charge in [0.25, 0.3) is 0 Å². The maximum atomic E-state index is 10.5. The molecule has 0 saturated carbocycles. The van der Waals surface area contributed by atoms with Crippen molar-refractivity contribution in [2.45, 2.75) is 46.1 Å². The summed E-state index contributed by atoms with van der Waals surface area (Å²) in [6.07, 6.45) is 3.54. The van der Waals surface area contributed by atoms with Gasteiger partial charge in [-0.2, -0.15) is 0 Å². The Kier molecular flexibility index (Phi) is 5.00. The Hall–Kier alpha value is -0.860. The minimum atomic E-state index is -0.351. The molecule has 1 N–H and O–H groups in total. The van der Waals surface area contributed by atoms with Crippen molar-refractivity contribution in [2.75, 3.05) is 19.6 Å². The van der Waals surface area contributed by atoms with Gasteiger partial charge in [-0.25, -0.2) is 0 Å². The minimum absolute atomic E-state index is 0.351. The van der Waals surface area contributed by atoms with E-state index in [1.54, 1.807) is 0 Å². The molecule has 1 aliphatic rings. The van der Waals surface area contributed by atoms with Crippen LogP contribution >= 0.6 is 0 Å². The van der Waals surface area contributed by atoms with E-state index in [1.807, 2.05) is 0 Å². The van der Waals surface area contributed by atoms with Crippen LogP contribution in [0.2, 0.25) is 0 Å². The van der Waals surface area contributed by atoms with E-state index < -0.39 is 0 Å². The minimum Gasteiger partial charge on any atom is -0.387 e. The second-order valence-corrected chi connectivity index (χ2v) is 6.05. The topological polar surface area (TPSA) is 23.5 Å². The van der Waals surface area contributed by atoms with Crippen LogP contribution in [0.25, 0.3) is 0 Å². The van der Waals surface area contributed by atoms with E-state index in [0.29, 0.717) is 0 Å². The third-order valence-electron chi connectivity index (χ3n) is 4.41. The fraction of sp³-hybridized carbons (Fsp3) is 0.647. The monoisotopic (exact) mass is 261 g/mol. The van der Waals surface area contributed by atoms with Gasteiger partial charge in [0.1, 0.15) is 0 Å². The summed E-state index contributed by atoms with van der Waals surface area (Å²) in [5, 5.41) is 10.5. The predicted octanol–water partition coefficient (Wildman–Crippen LogP) is 3.46. The molecule has 19 heavy (non-hydrogen) atoms. The smallest absolute Gasteiger partial charge is 0.0919 e. The Morgan fingerprint density at radius 3 is 2.89 bits per heavy atom. The molecule has 2 nitrogen and oxygen atoms in total. The van der Waals surface area contributed by atoms with Gasteiger partial charge in [-0.05, 0) is 50.3 Å². The highest BCUT2D eigenvalue weighted by Crippen LogP contribution is 2.24. The first-order valence-corrected chi connectivity index (χ1v) is 7.57. The number of benzene rings is 1. The Morgan fingerprint density at radius 2 is 2.16 bits per heavy atom. The van der Waals surface area contributed by atoms with Crippen molar-refractivity contribution in [3.8, 4) is 0 Å². The van der Waals surface area contributed by atoms with Crippen LogP contribution in [-0.4, -0.2) is 29.6 Å². The summed E-state index contributed by atoms with van der Waals surface area (Å²) in [7, 11) is 0. The zero-order chi connectivity index (χ0) is 13.8. The lowest BCUT2D eigenvalue weighted by Crippen LogP contribution is -2.38. The second-order valence-electron chi connectivity index (χ2n) is 6.05. The Labute approximate surface area is 117 Å². The highest BCUT2D eigenvalue weighted by atomic mass is 16.3. The maximum absolute atomic E-state index is 10.5. The van der Waals surface area contributed by atoms with Gasteiger partial charge in [0.05, 0.1) is 6.10 Å². The zero-order valence-corrected chi connectivity index (χ0v) is 12.5. The molecule has 0 radical (unpaired) electrons. The molecule has 1 aliphatic heterocycles. The molecular weight excluding hydrogens is 234 g/mol. The molecule has 2 atom stereocenters. The van der Waals surface area contributed by atoms with E-state index in [4.69, 9.17) is 0 Å². The number of piperidine rings is 1. The summed E-state index contributed by atoms with van der Waals surface area (Å²) >= 11 is 0. The molecule has 106 valence electrons. The number of hydrogen-bond acceptors (Lipinski definition) is 2. The molecule has 2 unspecified atom stereocenters. The average molecular weight is 261 g/mol. The van der Waals surface area contributed by atoms with Crippen LogP contribution in [0.1, 0.15) is 49.0 Å². The first-order chi connectivity index (χ1) is 9.10. The largest absolute Gasteiger partial charge is 0.387 e. The standard InChI is InChI=1S/C17H27NO/c1-4-15-6-5-9-18(11-15)12-17(19)16-10-13(2)7-8-14(16)3/h7-8,10,15,17,19H,4-6,9,11-12H2,1-3H3. The number of hydrogen-bond donors (Lipinski definition) is 1. The molecule has 0 bridgehead atoms. The Bertz CT molecular complexity index is 416. The Balaban J connectivity index is 2.00. The van der Waals surface area contributed by atoms with E-state index in [2.05, 4.69) is 43.9 Å². The summed E-state index contributed by atoms with van der Waals surface area (Å²) in [6, 6.07) is 6.35. The lowest BCUT2D eigenvalue weighted by atomic mass is 9.94. The molecule has 1 aromatic carbocycles. The summed E-state index contributed by atoms with van der Waals surface area (Å²) in [6.45, 7) is 9.51. The lowest BCUT2D eigenvalue weighted by Gasteiger charge is -2.33. The quantitative estimate of drug-likeness (QED) is 0.897. The third-order valence-corrected chi connectivity index (χ3v) is 4.41. The van der Waals surface area contributed by atoms with E-state index >= 15 is 0 Å². The van der Waals surface area contributed by atoms with E-state index in [1.165, 1.54) is 30.4 Å². The van der Waals surface area contributed by atoms with Crippen molar-refractivity contribution < 1.29 is 5.11 Å². The fourth-order valence-electron chi connectivity index (χ4n) is 3.11. The summed E-state index contributed by atoms with van der Waals surface area (Å²) in [5.41, 5.74) is 3.52. The normalized spacial score (nSPS) is 22.4. The van der Waals surface area contributed by atoms with Crippen LogP contribution in [0.3, 0.4) is 0 Å². The van der Waals surface area contributed by atoms with Crippen molar-refractivity contribution in [1.29, 1.82) is 0 Å². The number of nitrogens with zero attached hydrogens (tertiary/aromatic N) is 1. The van der Waals surface area contributed by atoms with Gasteiger partial charge in [-0.1, -0.05) is 37.1 Å². The summed E-state index contributed by atoms with van der Waals surface area (Å²) in [5.74, 6) is 0.819. The summed E-state index contributed by atoms with van der Waals surface area (Å²) in [4.78, 5) is 2.43. The van der Waals surface area contributed by atoms with Crippen molar-refractivity contribution in [2.24, 2.45) is 5.92 Å². The molecule has 0 amide bonds. The molecule has 2 heteroatoms. The van der Waals surface area contributed by atoms with Gasteiger partial charge in [0.15, 0.2) is 0 Å².